The highest BCUT2D eigenvalue weighted by molar-refractivity contribution is 6.17. The van der Waals surface area contributed by atoms with Crippen LogP contribution >= 0.6 is 0 Å². The maximum absolute atomic E-state index is 5.40. The number of allylic oxidation sites excluding steroid dienone is 6. The number of pyridine rings is 1. The average Bonchev–Trinajstić information content (AvgIpc) is 3.77. The van der Waals surface area contributed by atoms with Crippen LogP contribution in [0.15, 0.2) is 182 Å². The second-order valence-electron chi connectivity index (χ2n) is 13.3. The minimum atomic E-state index is 0.859. The summed E-state index contributed by atoms with van der Waals surface area (Å²) in [7, 11) is 0. The predicted molar refractivity (Wildman–Crippen MR) is 217 cm³/mol. The fourth-order valence-corrected chi connectivity index (χ4v) is 7.82. The summed E-state index contributed by atoms with van der Waals surface area (Å²) in [6, 6.07) is 51.6. The molecule has 52 heavy (non-hydrogen) atoms. The fourth-order valence-electron chi connectivity index (χ4n) is 7.82. The highest BCUT2D eigenvalue weighted by Crippen LogP contribution is 2.43. The van der Waals surface area contributed by atoms with Gasteiger partial charge in [0.1, 0.15) is 11.5 Å². The molecule has 0 aliphatic heterocycles. The Kier molecular flexibility index (Phi) is 7.24. The maximum atomic E-state index is 5.40. The summed E-state index contributed by atoms with van der Waals surface area (Å²) < 4.78 is 4.56. The number of hydrogen-bond donors (Lipinski definition) is 0. The van der Waals surface area contributed by atoms with E-state index in [9.17, 15) is 0 Å². The van der Waals surface area contributed by atoms with Gasteiger partial charge in [0.25, 0.3) is 0 Å². The largest absolute Gasteiger partial charge is 0.298 e. The van der Waals surface area contributed by atoms with E-state index in [1.54, 1.807) is 0 Å². The van der Waals surface area contributed by atoms with Gasteiger partial charge in [-0.2, -0.15) is 0 Å². The van der Waals surface area contributed by atoms with Crippen molar-refractivity contribution in [3.8, 4) is 39.3 Å². The molecule has 0 unspecified atom stereocenters. The zero-order valence-corrected chi connectivity index (χ0v) is 28.5. The van der Waals surface area contributed by atoms with Gasteiger partial charge in [0.2, 0.25) is 0 Å². The second kappa shape index (κ2) is 12.5. The quantitative estimate of drug-likeness (QED) is 0.183. The van der Waals surface area contributed by atoms with Crippen LogP contribution < -0.4 is 0 Å². The van der Waals surface area contributed by atoms with E-state index < -0.39 is 0 Å². The number of nitrogens with zero attached hydrogens (tertiary/aromatic N) is 4. The molecule has 4 nitrogen and oxygen atoms in total. The number of fused-ring (bicyclic) bond motifs is 5. The van der Waals surface area contributed by atoms with Gasteiger partial charge < -0.3 is 0 Å². The molecule has 6 aromatic carbocycles. The summed E-state index contributed by atoms with van der Waals surface area (Å²) in [5.74, 6) is 0.927. The summed E-state index contributed by atoms with van der Waals surface area (Å²) in [4.78, 5) is 10.5. The third-order valence-electron chi connectivity index (χ3n) is 10.2. The van der Waals surface area contributed by atoms with Gasteiger partial charge >= 0.3 is 0 Å². The average molecular weight is 667 g/mol. The van der Waals surface area contributed by atoms with E-state index in [0.29, 0.717) is 0 Å². The lowest BCUT2D eigenvalue weighted by Crippen LogP contribution is -1.97. The summed E-state index contributed by atoms with van der Waals surface area (Å²) in [6.07, 6.45) is 15.1. The first-order valence-corrected chi connectivity index (χ1v) is 17.9. The minimum absolute atomic E-state index is 0.859. The van der Waals surface area contributed by atoms with Crippen LogP contribution in [0.3, 0.4) is 0 Å². The number of hydrogen-bond acceptors (Lipinski definition) is 2. The van der Waals surface area contributed by atoms with Crippen molar-refractivity contribution in [2.24, 2.45) is 0 Å². The molecule has 0 amide bonds. The van der Waals surface area contributed by atoms with Crippen LogP contribution in [0.4, 0.5) is 0 Å². The van der Waals surface area contributed by atoms with E-state index in [1.165, 1.54) is 33.0 Å². The third-order valence-corrected chi connectivity index (χ3v) is 10.2. The number of benzene rings is 6. The molecule has 10 rings (SSSR count). The van der Waals surface area contributed by atoms with E-state index >= 15 is 0 Å². The Morgan fingerprint density at radius 1 is 0.519 bits per heavy atom. The van der Waals surface area contributed by atoms with E-state index in [1.807, 2.05) is 12.1 Å². The molecule has 3 aromatic heterocycles. The van der Waals surface area contributed by atoms with E-state index in [0.717, 1.165) is 68.8 Å². The first kappa shape index (κ1) is 30.1. The smallest absolute Gasteiger partial charge is 0.145 e. The zero-order chi connectivity index (χ0) is 34.4. The van der Waals surface area contributed by atoms with Gasteiger partial charge in [0, 0.05) is 28.6 Å². The molecule has 0 radical (unpaired) electrons. The van der Waals surface area contributed by atoms with Gasteiger partial charge in [0.05, 0.1) is 22.1 Å². The Morgan fingerprint density at radius 3 is 2.02 bits per heavy atom. The van der Waals surface area contributed by atoms with Gasteiger partial charge in [-0.05, 0) is 82.3 Å². The van der Waals surface area contributed by atoms with Crippen LogP contribution in [0.25, 0.3) is 83.4 Å². The molecular weight excluding hydrogens is 633 g/mol. The summed E-state index contributed by atoms with van der Waals surface area (Å²) in [5.41, 5.74) is 14.5. The molecule has 246 valence electrons. The number of rotatable bonds is 5. The Balaban J connectivity index is 1.17. The van der Waals surface area contributed by atoms with Crippen LogP contribution in [0.2, 0.25) is 0 Å². The van der Waals surface area contributed by atoms with E-state index in [2.05, 4.69) is 179 Å². The van der Waals surface area contributed by atoms with Crippen molar-refractivity contribution >= 4 is 44.1 Å². The third kappa shape index (κ3) is 4.99. The van der Waals surface area contributed by atoms with Crippen LogP contribution in [0.5, 0.6) is 0 Å². The van der Waals surface area contributed by atoms with Gasteiger partial charge in [-0.25, -0.2) is 9.97 Å². The Bertz CT molecular complexity index is 2870. The normalized spacial score (nSPS) is 15.4. The lowest BCUT2D eigenvalue weighted by molar-refractivity contribution is 1.10. The molecule has 3 heterocycles. The van der Waals surface area contributed by atoms with Crippen molar-refractivity contribution in [2.75, 3.05) is 0 Å². The van der Waals surface area contributed by atoms with Gasteiger partial charge in [0.15, 0.2) is 0 Å². The zero-order valence-electron chi connectivity index (χ0n) is 28.5. The summed E-state index contributed by atoms with van der Waals surface area (Å²) in [6.45, 7) is 0. The minimum Gasteiger partial charge on any atom is -0.298 e. The van der Waals surface area contributed by atoms with Crippen molar-refractivity contribution < 1.29 is 0 Å². The highest BCUT2D eigenvalue weighted by Gasteiger charge is 2.22. The first-order valence-electron chi connectivity index (χ1n) is 17.9. The number of imidazole rings is 2. The Hall–Kier alpha value is -6.78. The van der Waals surface area contributed by atoms with E-state index in [-0.39, 0.29) is 0 Å². The van der Waals surface area contributed by atoms with Crippen molar-refractivity contribution in [1.29, 1.82) is 0 Å². The molecule has 0 N–H and O–H groups in total. The lowest BCUT2D eigenvalue weighted by atomic mass is 9.88. The molecule has 1 aliphatic rings. The van der Waals surface area contributed by atoms with Crippen molar-refractivity contribution in [3.05, 3.63) is 188 Å². The van der Waals surface area contributed by atoms with Crippen molar-refractivity contribution in [3.63, 3.8) is 0 Å². The van der Waals surface area contributed by atoms with Crippen LogP contribution in [-0.2, 0) is 0 Å². The highest BCUT2D eigenvalue weighted by atomic mass is 15.1. The maximum Gasteiger partial charge on any atom is 0.145 e. The lowest BCUT2D eigenvalue weighted by Gasteiger charge is -2.17. The molecule has 0 spiro atoms. The van der Waals surface area contributed by atoms with Crippen LogP contribution in [-0.4, -0.2) is 18.9 Å². The van der Waals surface area contributed by atoms with E-state index in [4.69, 9.17) is 9.97 Å². The molecule has 1 aliphatic carbocycles. The summed E-state index contributed by atoms with van der Waals surface area (Å²) >= 11 is 0. The van der Waals surface area contributed by atoms with Crippen LogP contribution in [0.1, 0.15) is 18.4 Å². The van der Waals surface area contributed by atoms with Gasteiger partial charge in [-0.1, -0.05) is 140 Å². The fraction of sp³-hybridized carbons (Fsp3) is 0.0417. The molecule has 0 saturated heterocycles. The second-order valence-corrected chi connectivity index (χ2v) is 13.3. The summed E-state index contributed by atoms with van der Waals surface area (Å²) in [5, 5.41) is 2.47. The first-order chi connectivity index (χ1) is 25.8. The SMILES string of the molecule is C1=C\C/C=C(/c2c3ccccc3c(-c3ccccc3)c3c2nc2ccc(-c4ccc(-c5nc6ccccc6n5-c5ccccc5)cc4)cn23)C\C=C/1. The standard InChI is InChI=1S/C48H34N4/c1-2-6-16-34(17-7-3-1)44-39-22-12-13-23-40(39)45(35-18-8-4-9-19-35)47-46(44)50-43-31-30-37(32-51(43)47)33-26-28-36(29-27-33)48-49-41-24-14-15-25-42(41)52(48)38-20-10-5-11-21-38/h1-6,8-15,17-32H,7,16H2/b3-1-,6-2-,34-17+. The molecule has 0 atom stereocenters. The molecule has 0 saturated carbocycles. The Labute approximate surface area is 302 Å². The monoisotopic (exact) mass is 666 g/mol. The number of para-hydroxylation sites is 3. The van der Waals surface area contributed by atoms with Crippen molar-refractivity contribution in [2.45, 2.75) is 12.8 Å². The molecule has 0 fully saturated rings. The number of aromatic nitrogens is 4. The molecule has 4 heteroatoms. The van der Waals surface area contributed by atoms with Gasteiger partial charge in [-0.15, -0.1) is 0 Å². The molecule has 0 bridgehead atoms. The Morgan fingerprint density at radius 2 is 1.19 bits per heavy atom. The molecule has 9 aromatic rings. The predicted octanol–water partition coefficient (Wildman–Crippen LogP) is 12.3. The molecular formula is C48H34N4. The van der Waals surface area contributed by atoms with Crippen molar-refractivity contribution in [1.82, 2.24) is 18.9 Å². The van der Waals surface area contributed by atoms with Gasteiger partial charge in [-0.3, -0.25) is 8.97 Å². The topological polar surface area (TPSA) is 35.1 Å². The van der Waals surface area contributed by atoms with Crippen LogP contribution in [0, 0.1) is 0 Å².